The van der Waals surface area contributed by atoms with Gasteiger partial charge in [-0.15, -0.1) is 0 Å². The van der Waals surface area contributed by atoms with Gasteiger partial charge in [0.25, 0.3) is 5.91 Å². The lowest BCUT2D eigenvalue weighted by Gasteiger charge is -2.10. The predicted molar refractivity (Wildman–Crippen MR) is 88.7 cm³/mol. The number of hydrogen-bond donors (Lipinski definition) is 2. The lowest BCUT2D eigenvalue weighted by atomic mass is 10.2. The molecule has 0 atom stereocenters. The number of halogens is 1. The molecule has 5 nitrogen and oxygen atoms in total. The zero-order chi connectivity index (χ0) is 16.1. The Balaban J connectivity index is 2.06. The summed E-state index contributed by atoms with van der Waals surface area (Å²) in [4.78, 5) is 20.2. The number of nitrogens with zero attached hydrogens (tertiary/aromatic N) is 2. The van der Waals surface area contributed by atoms with Gasteiger partial charge < -0.3 is 10.6 Å². The Morgan fingerprint density at radius 2 is 1.95 bits per heavy atom. The van der Waals surface area contributed by atoms with Crippen molar-refractivity contribution in [3.8, 4) is 0 Å². The van der Waals surface area contributed by atoms with Gasteiger partial charge in [0.1, 0.15) is 0 Å². The van der Waals surface area contributed by atoms with E-state index in [9.17, 15) is 4.79 Å². The quantitative estimate of drug-likeness (QED) is 0.884. The zero-order valence-corrected chi connectivity index (χ0v) is 13.6. The van der Waals surface area contributed by atoms with Gasteiger partial charge in [-0.3, -0.25) is 4.79 Å². The van der Waals surface area contributed by atoms with Crippen molar-refractivity contribution < 1.29 is 4.79 Å². The maximum atomic E-state index is 11.9. The first-order valence-electron chi connectivity index (χ1n) is 7.09. The normalized spacial score (nSPS) is 10.6. The van der Waals surface area contributed by atoms with E-state index in [2.05, 4.69) is 20.6 Å². The van der Waals surface area contributed by atoms with Crippen molar-refractivity contribution in [3.05, 3.63) is 46.7 Å². The monoisotopic (exact) mass is 318 g/mol. The summed E-state index contributed by atoms with van der Waals surface area (Å²) in [5, 5.41) is 6.59. The third-order valence-electron chi connectivity index (χ3n) is 3.10. The van der Waals surface area contributed by atoms with Crippen LogP contribution >= 0.6 is 11.6 Å². The van der Waals surface area contributed by atoms with Crippen LogP contribution in [0.4, 0.5) is 11.6 Å². The van der Waals surface area contributed by atoms with E-state index in [1.807, 2.05) is 39.0 Å². The first-order valence-corrected chi connectivity index (χ1v) is 7.47. The lowest BCUT2D eigenvalue weighted by molar-refractivity contribution is 0.0948. The molecule has 0 unspecified atom stereocenters. The van der Waals surface area contributed by atoms with Crippen molar-refractivity contribution in [2.24, 2.45) is 5.92 Å². The molecule has 2 aromatic rings. The second-order valence-electron chi connectivity index (χ2n) is 5.44. The van der Waals surface area contributed by atoms with Gasteiger partial charge in [0, 0.05) is 29.6 Å². The predicted octanol–water partition coefficient (Wildman–Crippen LogP) is 3.57. The Kier molecular flexibility index (Phi) is 5.33. The van der Waals surface area contributed by atoms with Crippen LogP contribution in [-0.2, 0) is 0 Å². The molecule has 0 aliphatic carbocycles. The SMILES string of the molecule is Cc1c(Cl)cccc1Nc1ncc(C(=O)NCC(C)C)cn1. The van der Waals surface area contributed by atoms with Crippen LogP contribution in [0.25, 0.3) is 0 Å². The molecular weight excluding hydrogens is 300 g/mol. The smallest absolute Gasteiger partial charge is 0.254 e. The maximum absolute atomic E-state index is 11.9. The number of carbonyl (C=O) groups excluding carboxylic acids is 1. The number of aromatic nitrogens is 2. The zero-order valence-electron chi connectivity index (χ0n) is 12.9. The van der Waals surface area contributed by atoms with Gasteiger partial charge in [-0.1, -0.05) is 31.5 Å². The van der Waals surface area contributed by atoms with E-state index in [1.165, 1.54) is 12.4 Å². The van der Waals surface area contributed by atoms with Crippen molar-refractivity contribution in [3.63, 3.8) is 0 Å². The molecule has 1 aromatic heterocycles. The molecule has 1 aromatic carbocycles. The minimum atomic E-state index is -0.167. The molecule has 0 aliphatic rings. The Labute approximate surface area is 135 Å². The van der Waals surface area contributed by atoms with Gasteiger partial charge in [-0.25, -0.2) is 9.97 Å². The average Bonchev–Trinajstić information content (AvgIpc) is 2.50. The van der Waals surface area contributed by atoms with Gasteiger partial charge >= 0.3 is 0 Å². The minimum Gasteiger partial charge on any atom is -0.352 e. The number of nitrogens with one attached hydrogen (secondary N) is 2. The molecule has 6 heteroatoms. The van der Waals surface area contributed by atoms with Crippen LogP contribution in [0.2, 0.25) is 5.02 Å². The van der Waals surface area contributed by atoms with Gasteiger partial charge in [-0.05, 0) is 30.5 Å². The van der Waals surface area contributed by atoms with E-state index >= 15 is 0 Å². The standard InChI is InChI=1S/C16H19ClN4O/c1-10(2)7-18-15(22)12-8-19-16(20-9-12)21-14-6-4-5-13(17)11(14)3/h4-6,8-10H,7H2,1-3H3,(H,18,22)(H,19,20,21). The van der Waals surface area contributed by atoms with E-state index < -0.39 is 0 Å². The van der Waals surface area contributed by atoms with Gasteiger partial charge in [0.15, 0.2) is 0 Å². The van der Waals surface area contributed by atoms with E-state index in [4.69, 9.17) is 11.6 Å². The summed E-state index contributed by atoms with van der Waals surface area (Å²) >= 11 is 6.07. The highest BCUT2D eigenvalue weighted by Crippen LogP contribution is 2.24. The molecule has 0 bridgehead atoms. The largest absolute Gasteiger partial charge is 0.352 e. The summed E-state index contributed by atoms with van der Waals surface area (Å²) in [5.41, 5.74) is 2.20. The first kappa shape index (κ1) is 16.2. The summed E-state index contributed by atoms with van der Waals surface area (Å²) in [6.45, 7) is 6.62. The third-order valence-corrected chi connectivity index (χ3v) is 3.51. The van der Waals surface area contributed by atoms with Crippen LogP contribution in [0.3, 0.4) is 0 Å². The summed E-state index contributed by atoms with van der Waals surface area (Å²) in [6, 6.07) is 5.57. The molecule has 0 radical (unpaired) electrons. The fourth-order valence-electron chi connectivity index (χ4n) is 1.77. The second-order valence-corrected chi connectivity index (χ2v) is 5.84. The first-order chi connectivity index (χ1) is 10.5. The van der Waals surface area contributed by atoms with Crippen LogP contribution in [0.15, 0.2) is 30.6 Å². The molecule has 0 saturated carbocycles. The molecular formula is C16H19ClN4O. The Bertz CT molecular complexity index is 656. The van der Waals surface area contributed by atoms with Crippen LogP contribution in [0.5, 0.6) is 0 Å². The summed E-state index contributed by atoms with van der Waals surface area (Å²) in [7, 11) is 0. The minimum absolute atomic E-state index is 0.167. The van der Waals surface area contributed by atoms with Crippen molar-refractivity contribution in [1.29, 1.82) is 0 Å². The topological polar surface area (TPSA) is 66.9 Å². The van der Waals surface area contributed by atoms with Crippen molar-refractivity contribution >= 4 is 29.1 Å². The molecule has 0 spiro atoms. The highest BCUT2D eigenvalue weighted by molar-refractivity contribution is 6.31. The lowest BCUT2D eigenvalue weighted by Crippen LogP contribution is -2.27. The Morgan fingerprint density at radius 1 is 1.27 bits per heavy atom. The Hall–Kier alpha value is -2.14. The second kappa shape index (κ2) is 7.22. The van der Waals surface area contributed by atoms with Crippen LogP contribution in [-0.4, -0.2) is 22.4 Å². The van der Waals surface area contributed by atoms with Gasteiger partial charge in [0.05, 0.1) is 5.56 Å². The fraction of sp³-hybridized carbons (Fsp3) is 0.312. The van der Waals surface area contributed by atoms with Crippen LogP contribution in [0, 0.1) is 12.8 Å². The Morgan fingerprint density at radius 3 is 2.59 bits per heavy atom. The molecule has 1 heterocycles. The molecule has 0 aliphatic heterocycles. The summed E-state index contributed by atoms with van der Waals surface area (Å²) < 4.78 is 0. The molecule has 1 amide bonds. The van der Waals surface area contributed by atoms with Crippen molar-refractivity contribution in [2.45, 2.75) is 20.8 Å². The van der Waals surface area contributed by atoms with E-state index in [0.717, 1.165) is 11.3 Å². The van der Waals surface area contributed by atoms with E-state index in [1.54, 1.807) is 0 Å². The number of rotatable bonds is 5. The summed E-state index contributed by atoms with van der Waals surface area (Å²) in [6.07, 6.45) is 3.01. The molecule has 2 rings (SSSR count). The molecule has 0 saturated heterocycles. The molecule has 2 N–H and O–H groups in total. The van der Waals surface area contributed by atoms with Crippen molar-refractivity contribution in [1.82, 2.24) is 15.3 Å². The van der Waals surface area contributed by atoms with Gasteiger partial charge in [0.2, 0.25) is 5.95 Å². The van der Waals surface area contributed by atoms with Gasteiger partial charge in [-0.2, -0.15) is 0 Å². The van der Waals surface area contributed by atoms with Crippen LogP contribution < -0.4 is 10.6 Å². The average molecular weight is 319 g/mol. The van der Waals surface area contributed by atoms with Crippen molar-refractivity contribution in [2.75, 3.05) is 11.9 Å². The molecule has 0 fully saturated rings. The number of amides is 1. The highest BCUT2D eigenvalue weighted by atomic mass is 35.5. The van der Waals surface area contributed by atoms with E-state index in [0.29, 0.717) is 29.0 Å². The van der Waals surface area contributed by atoms with E-state index in [-0.39, 0.29) is 5.91 Å². The number of hydrogen-bond acceptors (Lipinski definition) is 4. The molecule has 116 valence electrons. The third kappa shape index (κ3) is 4.18. The highest BCUT2D eigenvalue weighted by Gasteiger charge is 2.08. The number of carbonyl (C=O) groups is 1. The molecule has 22 heavy (non-hydrogen) atoms. The summed E-state index contributed by atoms with van der Waals surface area (Å²) in [5.74, 6) is 0.654. The number of benzene rings is 1. The maximum Gasteiger partial charge on any atom is 0.254 e. The van der Waals surface area contributed by atoms with Crippen LogP contribution in [0.1, 0.15) is 29.8 Å². The number of anilines is 2. The fourth-order valence-corrected chi connectivity index (χ4v) is 1.95.